The van der Waals surface area contributed by atoms with Gasteiger partial charge < -0.3 is 4.84 Å². The lowest BCUT2D eigenvalue weighted by molar-refractivity contribution is 0.140. The van der Waals surface area contributed by atoms with Crippen LogP contribution in [0.1, 0.15) is 5.56 Å². The van der Waals surface area contributed by atoms with Crippen molar-refractivity contribution in [1.29, 1.82) is 0 Å². The van der Waals surface area contributed by atoms with E-state index < -0.39 is 17.5 Å². The molecule has 0 saturated carbocycles. The molecule has 0 bridgehead atoms. The summed E-state index contributed by atoms with van der Waals surface area (Å²) in [5.74, 6) is 1.62. The molecule has 0 aliphatic rings. The van der Waals surface area contributed by atoms with Crippen molar-refractivity contribution in [3.05, 3.63) is 35.1 Å². The van der Waals surface area contributed by atoms with Crippen molar-refractivity contribution in [2.45, 2.75) is 6.42 Å². The number of benzene rings is 1. The third kappa shape index (κ3) is 2.43. The maximum atomic E-state index is 12.9. The van der Waals surface area contributed by atoms with E-state index >= 15 is 0 Å². The van der Waals surface area contributed by atoms with Crippen molar-refractivity contribution in [1.82, 2.24) is 0 Å². The molecule has 2 nitrogen and oxygen atoms in total. The van der Waals surface area contributed by atoms with Crippen LogP contribution in [0.3, 0.4) is 0 Å². The zero-order valence-electron chi connectivity index (χ0n) is 6.69. The molecular formula is C8H8F3NO. The molecule has 0 aliphatic carbocycles. The van der Waals surface area contributed by atoms with Crippen molar-refractivity contribution < 1.29 is 18.0 Å². The van der Waals surface area contributed by atoms with Crippen LogP contribution in [0.25, 0.3) is 0 Å². The lowest BCUT2D eigenvalue weighted by Gasteiger charge is -2.02. The Bertz CT molecular complexity index is 304. The molecule has 1 aromatic rings. The molecular weight excluding hydrogens is 183 g/mol. The summed E-state index contributed by atoms with van der Waals surface area (Å²) < 4.78 is 38.0. The van der Waals surface area contributed by atoms with Gasteiger partial charge in [0.2, 0.25) is 0 Å². The SMILES string of the molecule is NOCCc1cc(F)cc(F)c1F. The van der Waals surface area contributed by atoms with E-state index in [-0.39, 0.29) is 18.6 Å². The third-order valence-electron chi connectivity index (χ3n) is 1.56. The molecule has 0 spiro atoms. The van der Waals surface area contributed by atoms with Gasteiger partial charge in [0, 0.05) is 12.5 Å². The first kappa shape index (κ1) is 10.0. The number of rotatable bonds is 3. The van der Waals surface area contributed by atoms with Crippen LogP contribution in [-0.4, -0.2) is 6.61 Å². The van der Waals surface area contributed by atoms with E-state index in [2.05, 4.69) is 4.84 Å². The lowest BCUT2D eigenvalue weighted by Crippen LogP contribution is -2.06. The van der Waals surface area contributed by atoms with Crippen LogP contribution in [0, 0.1) is 17.5 Å². The molecule has 0 radical (unpaired) electrons. The average Bonchev–Trinajstić information content (AvgIpc) is 2.09. The van der Waals surface area contributed by atoms with Gasteiger partial charge in [0.1, 0.15) is 5.82 Å². The smallest absolute Gasteiger partial charge is 0.162 e. The highest BCUT2D eigenvalue weighted by Crippen LogP contribution is 2.14. The zero-order valence-corrected chi connectivity index (χ0v) is 6.69. The van der Waals surface area contributed by atoms with Crippen LogP contribution in [0.15, 0.2) is 12.1 Å². The van der Waals surface area contributed by atoms with Gasteiger partial charge in [-0.05, 0) is 11.6 Å². The Kier molecular flexibility index (Phi) is 3.27. The minimum absolute atomic E-state index is 0.0137. The highest BCUT2D eigenvalue weighted by molar-refractivity contribution is 5.20. The molecule has 0 aliphatic heterocycles. The number of hydrogen-bond donors (Lipinski definition) is 1. The van der Waals surface area contributed by atoms with Gasteiger partial charge in [-0.1, -0.05) is 0 Å². The second kappa shape index (κ2) is 4.25. The summed E-state index contributed by atoms with van der Waals surface area (Å²) >= 11 is 0. The quantitative estimate of drug-likeness (QED) is 0.581. The second-order valence-electron chi connectivity index (χ2n) is 2.48. The molecule has 0 aromatic heterocycles. The molecule has 13 heavy (non-hydrogen) atoms. The predicted octanol–water partition coefficient (Wildman–Crippen LogP) is 1.54. The van der Waals surface area contributed by atoms with Crippen LogP contribution in [0.4, 0.5) is 13.2 Å². The van der Waals surface area contributed by atoms with E-state index in [1.165, 1.54) is 0 Å². The third-order valence-corrected chi connectivity index (χ3v) is 1.56. The normalized spacial score (nSPS) is 10.5. The molecule has 0 saturated heterocycles. The van der Waals surface area contributed by atoms with Crippen molar-refractivity contribution in [2.24, 2.45) is 5.90 Å². The maximum Gasteiger partial charge on any atom is 0.162 e. The molecule has 0 unspecified atom stereocenters. The average molecular weight is 191 g/mol. The molecule has 0 fully saturated rings. The van der Waals surface area contributed by atoms with Crippen molar-refractivity contribution in [3.63, 3.8) is 0 Å². The highest BCUT2D eigenvalue weighted by atomic mass is 19.2. The molecule has 1 aromatic carbocycles. The summed E-state index contributed by atoms with van der Waals surface area (Å²) in [6.45, 7) is 0.0137. The summed E-state index contributed by atoms with van der Waals surface area (Å²) in [6, 6.07) is 1.40. The van der Waals surface area contributed by atoms with Gasteiger partial charge in [-0.3, -0.25) is 0 Å². The first-order chi connectivity index (χ1) is 6.15. The first-order valence-corrected chi connectivity index (χ1v) is 3.60. The van der Waals surface area contributed by atoms with Crippen molar-refractivity contribution >= 4 is 0 Å². The summed E-state index contributed by atoms with van der Waals surface area (Å²) in [5.41, 5.74) is -0.0806. The van der Waals surface area contributed by atoms with Gasteiger partial charge in [-0.2, -0.15) is 0 Å². The maximum absolute atomic E-state index is 12.9. The van der Waals surface area contributed by atoms with Crippen LogP contribution >= 0.6 is 0 Å². The van der Waals surface area contributed by atoms with Crippen LogP contribution in [0.5, 0.6) is 0 Å². The first-order valence-electron chi connectivity index (χ1n) is 3.60. The predicted molar refractivity (Wildman–Crippen MR) is 40.2 cm³/mol. The van der Waals surface area contributed by atoms with Crippen LogP contribution in [-0.2, 0) is 11.3 Å². The Hall–Kier alpha value is -1.07. The van der Waals surface area contributed by atoms with Crippen LogP contribution in [0.2, 0.25) is 0 Å². The molecule has 5 heteroatoms. The lowest BCUT2D eigenvalue weighted by atomic mass is 10.1. The van der Waals surface area contributed by atoms with Crippen molar-refractivity contribution in [3.8, 4) is 0 Å². The summed E-state index contributed by atoms with van der Waals surface area (Å²) in [7, 11) is 0. The van der Waals surface area contributed by atoms with Gasteiger partial charge in [-0.15, -0.1) is 0 Å². The van der Waals surface area contributed by atoms with E-state index in [1.54, 1.807) is 0 Å². The minimum Gasteiger partial charge on any atom is -0.304 e. The number of nitrogens with two attached hydrogens (primary N) is 1. The summed E-state index contributed by atoms with van der Waals surface area (Å²) in [4.78, 5) is 4.17. The molecule has 0 atom stereocenters. The van der Waals surface area contributed by atoms with Gasteiger partial charge in [-0.25, -0.2) is 19.1 Å². The van der Waals surface area contributed by atoms with E-state index in [0.29, 0.717) is 6.07 Å². The monoisotopic (exact) mass is 191 g/mol. The van der Waals surface area contributed by atoms with Gasteiger partial charge >= 0.3 is 0 Å². The highest BCUT2D eigenvalue weighted by Gasteiger charge is 2.10. The summed E-state index contributed by atoms with van der Waals surface area (Å²) in [6.07, 6.45) is 0.0387. The van der Waals surface area contributed by atoms with Gasteiger partial charge in [0.05, 0.1) is 6.61 Å². The summed E-state index contributed by atoms with van der Waals surface area (Å²) in [5, 5.41) is 0. The Labute approximate surface area is 73.1 Å². The fraction of sp³-hybridized carbons (Fsp3) is 0.250. The Morgan fingerprint density at radius 2 is 1.92 bits per heavy atom. The molecule has 1 rings (SSSR count). The Balaban J connectivity index is 2.92. The Morgan fingerprint density at radius 3 is 2.54 bits per heavy atom. The van der Waals surface area contributed by atoms with Gasteiger partial charge in [0.25, 0.3) is 0 Å². The van der Waals surface area contributed by atoms with E-state index in [9.17, 15) is 13.2 Å². The minimum atomic E-state index is -1.20. The number of halogens is 3. The zero-order chi connectivity index (χ0) is 9.84. The van der Waals surface area contributed by atoms with Crippen molar-refractivity contribution in [2.75, 3.05) is 6.61 Å². The fourth-order valence-corrected chi connectivity index (χ4v) is 0.960. The molecule has 72 valence electrons. The van der Waals surface area contributed by atoms with E-state index in [1.807, 2.05) is 0 Å². The largest absolute Gasteiger partial charge is 0.304 e. The number of hydrogen-bond acceptors (Lipinski definition) is 2. The molecule has 0 amide bonds. The Morgan fingerprint density at radius 1 is 1.23 bits per heavy atom. The second-order valence-corrected chi connectivity index (χ2v) is 2.48. The molecule has 2 N–H and O–H groups in total. The standard InChI is InChI=1S/C8H8F3NO/c9-6-3-5(1-2-13-12)8(11)7(10)4-6/h3-4H,1-2,12H2. The van der Waals surface area contributed by atoms with Crippen LogP contribution < -0.4 is 5.90 Å². The van der Waals surface area contributed by atoms with Gasteiger partial charge in [0.15, 0.2) is 11.6 Å². The van der Waals surface area contributed by atoms with E-state index in [0.717, 1.165) is 6.07 Å². The topological polar surface area (TPSA) is 35.2 Å². The molecule has 0 heterocycles. The fourth-order valence-electron chi connectivity index (χ4n) is 0.960. The van der Waals surface area contributed by atoms with E-state index in [4.69, 9.17) is 5.90 Å².